The van der Waals surface area contributed by atoms with Gasteiger partial charge in [-0.15, -0.1) is 11.3 Å². The van der Waals surface area contributed by atoms with E-state index in [1.807, 2.05) is 0 Å². The number of nitrogens with zero attached hydrogens (tertiary/aromatic N) is 1. The minimum Gasteiger partial charge on any atom is -0.390 e. The van der Waals surface area contributed by atoms with Crippen molar-refractivity contribution in [1.29, 1.82) is 0 Å². The minimum absolute atomic E-state index is 0.0629. The first kappa shape index (κ1) is 25.2. The van der Waals surface area contributed by atoms with E-state index < -0.39 is 29.2 Å². The van der Waals surface area contributed by atoms with Crippen molar-refractivity contribution >= 4 is 28.1 Å². The lowest BCUT2D eigenvalue weighted by Gasteiger charge is -2.18. The van der Waals surface area contributed by atoms with E-state index in [4.69, 9.17) is 10.5 Å². The van der Waals surface area contributed by atoms with E-state index in [1.54, 1.807) is 18.2 Å². The summed E-state index contributed by atoms with van der Waals surface area (Å²) in [6, 6.07) is 8.68. The molecule has 1 unspecified atom stereocenters. The Morgan fingerprint density at radius 3 is 2.57 bits per heavy atom. The van der Waals surface area contributed by atoms with E-state index in [9.17, 15) is 23.8 Å². The minimum atomic E-state index is -1.42. The molecular weight excluding hydrogens is 476 g/mol. The molecule has 186 valence electrons. The standard InChI is InChI=1S/C25H27F2N3O4S/c1-25(2,33)13-9-16(26)22(17(27)10-13)20-11-15(23(28)32)24(35-20)30-21-8-3-5-14(29-21)12-34-19-7-4-6-18(19)31/h3,5,8-11,18-19,31,33H,4,6-7,12H2,1-2H3,(H2,28,32)(H,29,30)/t18-,19?/m1/s1. The number of primary amides is 1. The first-order chi connectivity index (χ1) is 16.5. The molecule has 1 aliphatic rings. The van der Waals surface area contributed by atoms with Crippen LogP contribution < -0.4 is 11.1 Å². The number of carbonyl (C=O) groups is 1. The summed E-state index contributed by atoms with van der Waals surface area (Å²) in [5.74, 6) is -2.10. The first-order valence-electron chi connectivity index (χ1n) is 11.2. The number of aliphatic hydroxyl groups is 2. The molecule has 1 aliphatic carbocycles. The van der Waals surface area contributed by atoms with Gasteiger partial charge in [0, 0.05) is 4.88 Å². The van der Waals surface area contributed by atoms with Crippen LogP contribution in [0.5, 0.6) is 0 Å². The molecule has 35 heavy (non-hydrogen) atoms. The van der Waals surface area contributed by atoms with Crippen LogP contribution in [0.15, 0.2) is 36.4 Å². The Bertz CT molecular complexity index is 1220. The van der Waals surface area contributed by atoms with Crippen LogP contribution in [-0.2, 0) is 16.9 Å². The van der Waals surface area contributed by atoms with Crippen LogP contribution in [0.1, 0.15) is 54.7 Å². The van der Waals surface area contributed by atoms with E-state index in [0.29, 0.717) is 11.5 Å². The number of nitrogens with two attached hydrogens (primary N) is 1. The average molecular weight is 504 g/mol. The molecule has 1 aromatic carbocycles. The van der Waals surface area contributed by atoms with E-state index in [1.165, 1.54) is 19.9 Å². The van der Waals surface area contributed by atoms with Crippen LogP contribution in [-0.4, -0.2) is 33.3 Å². The number of ether oxygens (including phenoxy) is 1. The average Bonchev–Trinajstić information content (AvgIpc) is 3.37. The summed E-state index contributed by atoms with van der Waals surface area (Å²) in [6.07, 6.45) is 1.74. The molecule has 1 saturated carbocycles. The van der Waals surface area contributed by atoms with Gasteiger partial charge in [-0.3, -0.25) is 4.79 Å². The molecule has 7 nitrogen and oxygen atoms in total. The Morgan fingerprint density at radius 2 is 1.97 bits per heavy atom. The van der Waals surface area contributed by atoms with Gasteiger partial charge in [0.05, 0.1) is 41.2 Å². The Hall–Kier alpha value is -2.92. The Balaban J connectivity index is 1.59. The Labute approximate surface area is 205 Å². The highest BCUT2D eigenvalue weighted by atomic mass is 32.1. The largest absolute Gasteiger partial charge is 0.390 e. The Morgan fingerprint density at radius 1 is 1.26 bits per heavy atom. The van der Waals surface area contributed by atoms with Crippen molar-refractivity contribution in [3.63, 3.8) is 0 Å². The SMILES string of the molecule is CC(C)(O)c1cc(F)c(-c2cc(C(N)=O)c(Nc3cccc(COC4CCC[C@H]4O)n3)s2)c(F)c1. The number of hydrogen-bond acceptors (Lipinski definition) is 7. The van der Waals surface area contributed by atoms with Crippen molar-refractivity contribution in [2.45, 2.75) is 57.5 Å². The third kappa shape index (κ3) is 5.67. The monoisotopic (exact) mass is 503 g/mol. The summed E-state index contributed by atoms with van der Waals surface area (Å²) in [6.45, 7) is 3.07. The van der Waals surface area contributed by atoms with Crippen molar-refractivity contribution in [2.24, 2.45) is 5.73 Å². The number of nitrogens with one attached hydrogen (secondary N) is 1. The molecule has 5 N–H and O–H groups in total. The predicted molar refractivity (Wildman–Crippen MR) is 129 cm³/mol. The van der Waals surface area contributed by atoms with Crippen LogP contribution in [0, 0.1) is 11.6 Å². The third-order valence-corrected chi connectivity index (χ3v) is 6.97. The molecule has 0 aliphatic heterocycles. The first-order valence-corrected chi connectivity index (χ1v) is 12.0. The lowest BCUT2D eigenvalue weighted by Crippen LogP contribution is -2.22. The van der Waals surface area contributed by atoms with Gasteiger partial charge in [-0.25, -0.2) is 13.8 Å². The molecule has 1 fully saturated rings. The summed E-state index contributed by atoms with van der Waals surface area (Å²) >= 11 is 0.959. The highest BCUT2D eigenvalue weighted by Crippen LogP contribution is 2.40. The van der Waals surface area contributed by atoms with Crippen LogP contribution in [0.4, 0.5) is 19.6 Å². The molecule has 2 heterocycles. The second-order valence-corrected chi connectivity index (χ2v) is 10.1. The Kier molecular flexibility index (Phi) is 7.18. The van der Waals surface area contributed by atoms with Crippen molar-refractivity contribution < 1.29 is 28.5 Å². The number of aromatic nitrogens is 1. The van der Waals surface area contributed by atoms with Crippen molar-refractivity contribution in [2.75, 3.05) is 5.32 Å². The van der Waals surface area contributed by atoms with Crippen LogP contribution in [0.25, 0.3) is 10.4 Å². The highest BCUT2D eigenvalue weighted by molar-refractivity contribution is 7.20. The molecule has 2 atom stereocenters. The number of aliphatic hydroxyl groups excluding tert-OH is 1. The van der Waals surface area contributed by atoms with Crippen molar-refractivity contribution in [1.82, 2.24) is 4.98 Å². The summed E-state index contributed by atoms with van der Waals surface area (Å²) in [4.78, 5) is 16.7. The van der Waals surface area contributed by atoms with Crippen LogP contribution in [0.2, 0.25) is 0 Å². The summed E-state index contributed by atoms with van der Waals surface area (Å²) in [7, 11) is 0. The number of hydrogen-bond donors (Lipinski definition) is 4. The van der Waals surface area contributed by atoms with E-state index >= 15 is 0 Å². The molecule has 0 spiro atoms. The molecule has 3 aromatic rings. The molecule has 0 radical (unpaired) electrons. The van der Waals surface area contributed by atoms with E-state index in [-0.39, 0.29) is 39.3 Å². The molecular formula is C25H27F2N3O4S. The molecule has 4 rings (SSSR count). The maximum absolute atomic E-state index is 14.9. The van der Waals surface area contributed by atoms with Crippen LogP contribution in [0.3, 0.4) is 0 Å². The quantitative estimate of drug-likeness (QED) is 0.357. The summed E-state index contributed by atoms with van der Waals surface area (Å²) in [5.41, 5.74) is 4.56. The third-order valence-electron chi connectivity index (χ3n) is 5.90. The summed E-state index contributed by atoms with van der Waals surface area (Å²) < 4.78 is 35.5. The van der Waals surface area contributed by atoms with Gasteiger partial charge in [-0.05, 0) is 69.0 Å². The molecule has 0 bridgehead atoms. The van der Waals surface area contributed by atoms with Gasteiger partial charge in [-0.2, -0.15) is 0 Å². The normalized spacial score (nSPS) is 18.1. The fourth-order valence-electron chi connectivity index (χ4n) is 3.99. The lowest BCUT2D eigenvalue weighted by atomic mass is 9.96. The fraction of sp³-hybridized carbons (Fsp3) is 0.360. The number of anilines is 2. The fourth-order valence-corrected chi connectivity index (χ4v) is 5.11. The second kappa shape index (κ2) is 9.98. The number of benzene rings is 1. The predicted octanol–water partition coefficient (Wildman–Crippen LogP) is 4.59. The number of carbonyl (C=O) groups excluding carboxylic acids is 1. The topological polar surface area (TPSA) is 118 Å². The zero-order valence-electron chi connectivity index (χ0n) is 19.3. The van der Waals surface area contributed by atoms with E-state index in [2.05, 4.69) is 10.3 Å². The van der Waals surface area contributed by atoms with Gasteiger partial charge < -0.3 is 26.0 Å². The van der Waals surface area contributed by atoms with Gasteiger partial charge in [0.2, 0.25) is 0 Å². The number of pyridine rings is 1. The van der Waals surface area contributed by atoms with Crippen LogP contribution >= 0.6 is 11.3 Å². The molecule has 1 amide bonds. The number of rotatable bonds is 8. The van der Waals surface area contributed by atoms with Gasteiger partial charge >= 0.3 is 0 Å². The summed E-state index contributed by atoms with van der Waals surface area (Å²) in [5, 5.41) is 23.3. The zero-order chi connectivity index (χ0) is 25.3. The van der Waals surface area contributed by atoms with Gasteiger partial charge in [-0.1, -0.05) is 6.07 Å². The van der Waals surface area contributed by atoms with Gasteiger partial charge in [0.1, 0.15) is 22.5 Å². The maximum atomic E-state index is 14.9. The van der Waals surface area contributed by atoms with Gasteiger partial charge in [0.15, 0.2) is 0 Å². The van der Waals surface area contributed by atoms with Crippen molar-refractivity contribution in [3.05, 3.63) is 64.9 Å². The molecule has 2 aromatic heterocycles. The molecule has 0 saturated heterocycles. The maximum Gasteiger partial charge on any atom is 0.251 e. The lowest BCUT2D eigenvalue weighted by molar-refractivity contribution is -0.0283. The number of thiophene rings is 1. The highest BCUT2D eigenvalue weighted by Gasteiger charge is 2.26. The van der Waals surface area contributed by atoms with Gasteiger partial charge in [0.25, 0.3) is 5.91 Å². The zero-order valence-corrected chi connectivity index (χ0v) is 20.2. The smallest absolute Gasteiger partial charge is 0.251 e. The number of amides is 1. The van der Waals surface area contributed by atoms with E-state index in [0.717, 1.165) is 42.7 Å². The number of halogens is 2. The van der Waals surface area contributed by atoms with Crippen molar-refractivity contribution in [3.8, 4) is 10.4 Å². The molecule has 10 heteroatoms. The second-order valence-electron chi connectivity index (χ2n) is 9.08.